The molecule has 3 atom stereocenters. The molecule has 13 heavy (non-hydrogen) atoms. The Bertz CT molecular complexity index is 234. The van der Waals surface area contributed by atoms with Gasteiger partial charge in [-0.3, -0.25) is 4.79 Å². The molecule has 74 valence electrons. The topological polar surface area (TPSA) is 35.5 Å². The van der Waals surface area contributed by atoms with Crippen molar-refractivity contribution < 1.29 is 14.6 Å². The van der Waals surface area contributed by atoms with Crippen LogP contribution in [0.15, 0.2) is 0 Å². The molecule has 2 aliphatic rings. The van der Waals surface area contributed by atoms with Crippen LogP contribution in [0.2, 0.25) is 0 Å². The third-order valence-corrected chi connectivity index (χ3v) is 3.40. The van der Waals surface area contributed by atoms with E-state index in [4.69, 9.17) is 9.78 Å². The molecular weight excluding hydrogens is 168 g/mol. The second-order valence-electron chi connectivity index (χ2n) is 4.71. The molecule has 1 heterocycles. The molecule has 0 aromatic heterocycles. The Hall–Kier alpha value is -0.410. The van der Waals surface area contributed by atoms with Crippen molar-refractivity contribution in [1.82, 2.24) is 0 Å². The van der Waals surface area contributed by atoms with Crippen LogP contribution in [0.25, 0.3) is 0 Å². The summed E-state index contributed by atoms with van der Waals surface area (Å²) in [6.45, 7) is 5.89. The van der Waals surface area contributed by atoms with Gasteiger partial charge in [0.15, 0.2) is 0 Å². The van der Waals surface area contributed by atoms with Gasteiger partial charge in [-0.05, 0) is 20.3 Å². The van der Waals surface area contributed by atoms with E-state index in [1.54, 1.807) is 0 Å². The summed E-state index contributed by atoms with van der Waals surface area (Å²) in [4.78, 5) is 22.1. The first-order valence-corrected chi connectivity index (χ1v) is 4.88. The van der Waals surface area contributed by atoms with Crippen LogP contribution in [0.5, 0.6) is 0 Å². The fourth-order valence-electron chi connectivity index (χ4n) is 2.11. The molecule has 1 saturated heterocycles. The van der Waals surface area contributed by atoms with E-state index in [1.165, 1.54) is 0 Å². The Morgan fingerprint density at radius 3 is 2.85 bits per heavy atom. The minimum Gasteiger partial charge on any atom is -0.299 e. The van der Waals surface area contributed by atoms with Gasteiger partial charge in [0.25, 0.3) is 0 Å². The summed E-state index contributed by atoms with van der Waals surface area (Å²) in [6, 6.07) is 0. The third kappa shape index (κ3) is 1.40. The van der Waals surface area contributed by atoms with Crippen LogP contribution in [0, 0.1) is 11.8 Å². The largest absolute Gasteiger partial charge is 0.299 e. The zero-order valence-corrected chi connectivity index (χ0v) is 8.37. The highest BCUT2D eigenvalue weighted by molar-refractivity contribution is 5.82. The number of hydrogen-bond acceptors (Lipinski definition) is 3. The van der Waals surface area contributed by atoms with Crippen LogP contribution in [-0.2, 0) is 14.6 Å². The molecule has 1 aliphatic carbocycles. The van der Waals surface area contributed by atoms with Crippen LogP contribution >= 0.6 is 0 Å². The summed E-state index contributed by atoms with van der Waals surface area (Å²) in [6.07, 6.45) is 1.59. The van der Waals surface area contributed by atoms with Gasteiger partial charge < -0.3 is 0 Å². The van der Waals surface area contributed by atoms with E-state index < -0.39 is 0 Å². The Morgan fingerprint density at radius 1 is 1.46 bits per heavy atom. The molecule has 0 aromatic rings. The molecule has 2 bridgehead atoms. The molecular formula is C10H16O3. The molecule has 0 aromatic carbocycles. The lowest BCUT2D eigenvalue weighted by Gasteiger charge is -2.45. The minimum absolute atomic E-state index is 0.00681. The second-order valence-corrected chi connectivity index (χ2v) is 4.71. The van der Waals surface area contributed by atoms with Gasteiger partial charge in [0, 0.05) is 18.3 Å². The van der Waals surface area contributed by atoms with E-state index >= 15 is 0 Å². The monoisotopic (exact) mass is 184 g/mol. The lowest BCUT2D eigenvalue weighted by atomic mass is 9.72. The van der Waals surface area contributed by atoms with Gasteiger partial charge in [-0.1, -0.05) is 6.92 Å². The molecule has 0 N–H and O–H groups in total. The number of carbonyl (C=O) groups is 1. The lowest BCUT2D eigenvalue weighted by Crippen LogP contribution is -2.51. The molecule has 3 heteroatoms. The molecule has 1 saturated carbocycles. The van der Waals surface area contributed by atoms with Crippen LogP contribution in [-0.4, -0.2) is 17.5 Å². The Morgan fingerprint density at radius 2 is 2.15 bits per heavy atom. The first kappa shape index (κ1) is 9.16. The zero-order chi connectivity index (χ0) is 9.64. The van der Waals surface area contributed by atoms with E-state index in [0.29, 0.717) is 18.1 Å². The molecule has 2 fully saturated rings. The summed E-state index contributed by atoms with van der Waals surface area (Å²) < 4.78 is 0. The van der Waals surface area contributed by atoms with Crippen LogP contribution < -0.4 is 0 Å². The van der Waals surface area contributed by atoms with Gasteiger partial charge in [0.05, 0.1) is 0 Å². The summed E-state index contributed by atoms with van der Waals surface area (Å²) in [5.74, 6) is 0.653. The van der Waals surface area contributed by atoms with E-state index in [-0.39, 0.29) is 17.6 Å². The van der Waals surface area contributed by atoms with Gasteiger partial charge in [-0.25, -0.2) is 9.78 Å². The highest BCUT2D eigenvalue weighted by atomic mass is 17.2. The zero-order valence-electron chi connectivity index (χ0n) is 8.37. The summed E-state index contributed by atoms with van der Waals surface area (Å²) in [5, 5.41) is 0. The van der Waals surface area contributed by atoms with Gasteiger partial charge in [-0.15, -0.1) is 0 Å². The maximum Gasteiger partial charge on any atom is 0.138 e. The van der Waals surface area contributed by atoms with E-state index in [0.717, 1.165) is 6.42 Å². The van der Waals surface area contributed by atoms with Gasteiger partial charge in [0.1, 0.15) is 17.5 Å². The lowest BCUT2D eigenvalue weighted by molar-refractivity contribution is -0.423. The molecule has 3 nitrogen and oxygen atoms in total. The third-order valence-electron chi connectivity index (χ3n) is 3.40. The highest BCUT2D eigenvalue weighted by Gasteiger charge is 2.47. The predicted octanol–water partition coefficient (Wildman–Crippen LogP) is 1.71. The van der Waals surface area contributed by atoms with Crippen LogP contribution in [0.1, 0.15) is 33.6 Å². The standard InChI is InChI=1S/C10H16O3/c1-6-8(11)4-7-5-9(6)12-13-10(7,2)3/h6-7,9H,4-5H2,1-3H3/t6-,7+,9+/m1/s1. The van der Waals surface area contributed by atoms with Crippen LogP contribution in [0.3, 0.4) is 0 Å². The average molecular weight is 184 g/mol. The normalized spacial score (nSPS) is 43.3. The van der Waals surface area contributed by atoms with Gasteiger partial charge >= 0.3 is 0 Å². The summed E-state index contributed by atoms with van der Waals surface area (Å²) in [5.41, 5.74) is -0.299. The minimum atomic E-state index is -0.299. The van der Waals surface area contributed by atoms with E-state index in [1.807, 2.05) is 20.8 Å². The van der Waals surface area contributed by atoms with Crippen molar-refractivity contribution in [3.8, 4) is 0 Å². The first-order valence-electron chi connectivity index (χ1n) is 4.88. The van der Waals surface area contributed by atoms with Crippen molar-refractivity contribution in [2.24, 2.45) is 11.8 Å². The van der Waals surface area contributed by atoms with Crippen molar-refractivity contribution in [3.63, 3.8) is 0 Å². The Kier molecular flexibility index (Phi) is 1.96. The molecule has 0 radical (unpaired) electrons. The van der Waals surface area contributed by atoms with Crippen LogP contribution in [0.4, 0.5) is 0 Å². The number of rotatable bonds is 0. The number of ketones is 1. The Balaban J connectivity index is 2.19. The van der Waals surface area contributed by atoms with Gasteiger partial charge in [0.2, 0.25) is 0 Å². The van der Waals surface area contributed by atoms with Crippen molar-refractivity contribution in [2.75, 3.05) is 0 Å². The second kappa shape index (κ2) is 2.79. The molecule has 0 unspecified atom stereocenters. The number of fused-ring (bicyclic) bond motifs is 2. The summed E-state index contributed by atoms with van der Waals surface area (Å²) >= 11 is 0. The summed E-state index contributed by atoms with van der Waals surface area (Å²) in [7, 11) is 0. The number of hydrogen-bond donors (Lipinski definition) is 0. The SMILES string of the molecule is C[C@@H]1C(=O)C[C@H]2C[C@@H]1OOC2(C)C. The number of carbonyl (C=O) groups excluding carboxylic acids is 1. The molecule has 1 aliphatic heterocycles. The number of Topliss-reactive ketones (excluding diaryl/α,β-unsaturated/α-hetero) is 1. The fraction of sp³-hybridized carbons (Fsp3) is 0.900. The molecule has 0 spiro atoms. The Labute approximate surface area is 78.3 Å². The molecule has 0 amide bonds. The van der Waals surface area contributed by atoms with Gasteiger partial charge in [-0.2, -0.15) is 0 Å². The van der Waals surface area contributed by atoms with Crippen molar-refractivity contribution in [2.45, 2.75) is 45.3 Å². The van der Waals surface area contributed by atoms with Crippen molar-refractivity contribution in [1.29, 1.82) is 0 Å². The smallest absolute Gasteiger partial charge is 0.138 e. The first-order chi connectivity index (χ1) is 6.00. The maximum absolute atomic E-state index is 11.6. The predicted molar refractivity (Wildman–Crippen MR) is 46.9 cm³/mol. The highest BCUT2D eigenvalue weighted by Crippen LogP contribution is 2.41. The fourth-order valence-corrected chi connectivity index (χ4v) is 2.11. The maximum atomic E-state index is 11.6. The van der Waals surface area contributed by atoms with Crippen molar-refractivity contribution >= 4 is 5.78 Å². The average Bonchev–Trinajstić information content (AvgIpc) is 2.06. The van der Waals surface area contributed by atoms with E-state index in [2.05, 4.69) is 0 Å². The van der Waals surface area contributed by atoms with E-state index in [9.17, 15) is 4.79 Å². The molecule has 2 rings (SSSR count). The quantitative estimate of drug-likeness (QED) is 0.538. The van der Waals surface area contributed by atoms with Crippen molar-refractivity contribution in [3.05, 3.63) is 0 Å².